The molecule has 0 aliphatic heterocycles. The number of halogens is 1. The van der Waals surface area contributed by atoms with Crippen LogP contribution in [0.15, 0.2) is 42.5 Å². The molecule has 2 aromatic rings. The molecule has 0 aliphatic rings. The second kappa shape index (κ2) is 5.71. The van der Waals surface area contributed by atoms with E-state index in [-0.39, 0.29) is 5.56 Å². The summed E-state index contributed by atoms with van der Waals surface area (Å²) in [5, 5.41) is 10.4. The van der Waals surface area contributed by atoms with Crippen LogP contribution in [0.4, 0.5) is 4.39 Å². The number of hydrogen-bond donors (Lipinski definition) is 1. The zero-order chi connectivity index (χ0) is 13.8. The van der Waals surface area contributed by atoms with Crippen LogP contribution in [0.3, 0.4) is 0 Å². The Morgan fingerprint density at radius 3 is 2.26 bits per heavy atom. The normalized spacial score (nSPS) is 12.0. The van der Waals surface area contributed by atoms with Crippen molar-refractivity contribution in [1.82, 2.24) is 0 Å². The van der Waals surface area contributed by atoms with Crippen molar-refractivity contribution in [3.8, 4) is 11.5 Å². The molecule has 1 atom stereocenters. The molecular formula is C15H15FO3. The number of aliphatic hydroxyl groups excluding tert-OH is 1. The summed E-state index contributed by atoms with van der Waals surface area (Å²) in [5.74, 6) is 0.288. The van der Waals surface area contributed by atoms with Gasteiger partial charge in [-0.1, -0.05) is 24.3 Å². The Morgan fingerprint density at radius 1 is 0.947 bits per heavy atom. The Kier molecular flexibility index (Phi) is 4.02. The van der Waals surface area contributed by atoms with Crippen LogP contribution in [-0.2, 0) is 0 Å². The Balaban J connectivity index is 2.52. The Hall–Kier alpha value is -2.07. The lowest BCUT2D eigenvalue weighted by molar-refractivity contribution is 0.204. The van der Waals surface area contributed by atoms with Gasteiger partial charge < -0.3 is 14.6 Å². The number of benzene rings is 2. The van der Waals surface area contributed by atoms with Gasteiger partial charge in [-0.2, -0.15) is 0 Å². The van der Waals surface area contributed by atoms with Crippen LogP contribution in [0.2, 0.25) is 0 Å². The highest BCUT2D eigenvalue weighted by atomic mass is 19.1. The van der Waals surface area contributed by atoms with Gasteiger partial charge in [0.15, 0.2) is 0 Å². The summed E-state index contributed by atoms with van der Waals surface area (Å²) >= 11 is 0. The van der Waals surface area contributed by atoms with Gasteiger partial charge >= 0.3 is 0 Å². The van der Waals surface area contributed by atoms with Crippen LogP contribution in [0, 0.1) is 5.82 Å². The molecule has 3 nitrogen and oxygen atoms in total. The number of para-hydroxylation sites is 1. The molecule has 0 spiro atoms. The van der Waals surface area contributed by atoms with E-state index < -0.39 is 11.9 Å². The van der Waals surface area contributed by atoms with E-state index in [9.17, 15) is 9.50 Å². The minimum absolute atomic E-state index is 0.106. The van der Waals surface area contributed by atoms with E-state index in [0.717, 1.165) is 0 Å². The van der Waals surface area contributed by atoms with E-state index in [0.29, 0.717) is 17.1 Å². The Morgan fingerprint density at radius 2 is 1.58 bits per heavy atom. The first-order valence-electron chi connectivity index (χ1n) is 5.82. The van der Waals surface area contributed by atoms with Crippen molar-refractivity contribution in [2.75, 3.05) is 14.2 Å². The SMILES string of the molecule is COc1ccccc1C(O)c1c(F)cccc1OC. The minimum Gasteiger partial charge on any atom is -0.496 e. The van der Waals surface area contributed by atoms with E-state index in [1.165, 1.54) is 26.4 Å². The van der Waals surface area contributed by atoms with Crippen molar-refractivity contribution in [1.29, 1.82) is 0 Å². The first kappa shape index (κ1) is 13.4. The molecule has 0 aliphatic carbocycles. The third-order valence-electron chi connectivity index (χ3n) is 2.94. The third-order valence-corrected chi connectivity index (χ3v) is 2.94. The molecule has 0 saturated heterocycles. The van der Waals surface area contributed by atoms with Gasteiger partial charge in [0.25, 0.3) is 0 Å². The fourth-order valence-electron chi connectivity index (χ4n) is 2.01. The van der Waals surface area contributed by atoms with Crippen molar-refractivity contribution in [3.63, 3.8) is 0 Å². The van der Waals surface area contributed by atoms with Gasteiger partial charge in [0.05, 0.1) is 19.8 Å². The average molecular weight is 262 g/mol. The first-order chi connectivity index (χ1) is 9.19. The summed E-state index contributed by atoms with van der Waals surface area (Å²) in [6.45, 7) is 0. The fraction of sp³-hybridized carbons (Fsp3) is 0.200. The lowest BCUT2D eigenvalue weighted by atomic mass is 9.99. The van der Waals surface area contributed by atoms with Crippen LogP contribution < -0.4 is 9.47 Å². The summed E-state index contributed by atoms with van der Waals surface area (Å²) in [6.07, 6.45) is -1.15. The molecule has 2 rings (SSSR count). The van der Waals surface area contributed by atoms with Gasteiger partial charge in [-0.3, -0.25) is 0 Å². The van der Waals surface area contributed by atoms with Crippen LogP contribution >= 0.6 is 0 Å². The Bertz CT molecular complexity index is 569. The summed E-state index contributed by atoms with van der Waals surface area (Å²) < 4.78 is 24.2. The Labute approximate surface area is 111 Å². The van der Waals surface area contributed by atoms with Crippen LogP contribution in [0.25, 0.3) is 0 Å². The third kappa shape index (κ3) is 2.53. The van der Waals surface area contributed by atoms with Crippen LogP contribution in [-0.4, -0.2) is 19.3 Å². The number of methoxy groups -OCH3 is 2. The molecule has 0 amide bonds. The summed E-state index contributed by atoms with van der Waals surface area (Å²) in [7, 11) is 2.94. The molecule has 0 saturated carbocycles. The number of ether oxygens (including phenoxy) is 2. The molecule has 2 aromatic carbocycles. The summed E-state index contributed by atoms with van der Waals surface area (Å²) in [6, 6.07) is 11.4. The van der Waals surface area contributed by atoms with Crippen molar-refractivity contribution in [2.45, 2.75) is 6.10 Å². The zero-order valence-electron chi connectivity index (χ0n) is 10.8. The fourth-order valence-corrected chi connectivity index (χ4v) is 2.01. The minimum atomic E-state index is -1.15. The number of hydrogen-bond acceptors (Lipinski definition) is 3. The molecular weight excluding hydrogens is 247 g/mol. The van der Waals surface area contributed by atoms with E-state index in [2.05, 4.69) is 0 Å². The maximum atomic E-state index is 13.9. The molecule has 1 N–H and O–H groups in total. The van der Waals surface area contributed by atoms with Gasteiger partial charge in [-0.15, -0.1) is 0 Å². The topological polar surface area (TPSA) is 38.7 Å². The maximum absolute atomic E-state index is 13.9. The molecule has 1 unspecified atom stereocenters. The second-order valence-corrected chi connectivity index (χ2v) is 4.00. The first-order valence-corrected chi connectivity index (χ1v) is 5.82. The highest BCUT2D eigenvalue weighted by Gasteiger charge is 2.22. The van der Waals surface area contributed by atoms with Gasteiger partial charge in [-0.05, 0) is 18.2 Å². The van der Waals surface area contributed by atoms with Gasteiger partial charge in [0.1, 0.15) is 23.4 Å². The molecule has 0 heterocycles. The van der Waals surface area contributed by atoms with Crippen molar-refractivity contribution >= 4 is 0 Å². The zero-order valence-corrected chi connectivity index (χ0v) is 10.8. The summed E-state index contributed by atoms with van der Waals surface area (Å²) in [4.78, 5) is 0. The largest absolute Gasteiger partial charge is 0.496 e. The van der Waals surface area contributed by atoms with E-state index >= 15 is 0 Å². The molecule has 0 aromatic heterocycles. The van der Waals surface area contributed by atoms with Crippen LogP contribution in [0.5, 0.6) is 11.5 Å². The van der Waals surface area contributed by atoms with Crippen molar-refractivity contribution in [3.05, 3.63) is 59.4 Å². The smallest absolute Gasteiger partial charge is 0.133 e. The van der Waals surface area contributed by atoms with Gasteiger partial charge in [-0.25, -0.2) is 4.39 Å². The average Bonchev–Trinajstić information content (AvgIpc) is 2.46. The highest BCUT2D eigenvalue weighted by Crippen LogP contribution is 2.35. The van der Waals surface area contributed by atoms with Crippen LogP contribution in [0.1, 0.15) is 17.2 Å². The molecule has 19 heavy (non-hydrogen) atoms. The van der Waals surface area contributed by atoms with Gasteiger partial charge in [0, 0.05) is 5.56 Å². The maximum Gasteiger partial charge on any atom is 0.133 e. The number of rotatable bonds is 4. The predicted molar refractivity (Wildman–Crippen MR) is 70.0 cm³/mol. The molecule has 0 radical (unpaired) electrons. The summed E-state index contributed by atoms with van der Waals surface area (Å²) in [5.41, 5.74) is 0.600. The highest BCUT2D eigenvalue weighted by molar-refractivity contribution is 5.45. The van der Waals surface area contributed by atoms with E-state index in [1.54, 1.807) is 30.3 Å². The molecule has 100 valence electrons. The van der Waals surface area contributed by atoms with Crippen molar-refractivity contribution in [2.24, 2.45) is 0 Å². The molecule has 0 fully saturated rings. The monoisotopic (exact) mass is 262 g/mol. The second-order valence-electron chi connectivity index (χ2n) is 4.00. The molecule has 4 heteroatoms. The van der Waals surface area contributed by atoms with E-state index in [4.69, 9.17) is 9.47 Å². The quantitative estimate of drug-likeness (QED) is 0.920. The standard InChI is InChI=1S/C15H15FO3/c1-18-12-8-4-3-6-10(12)15(17)14-11(16)7-5-9-13(14)19-2/h3-9,15,17H,1-2H3. The molecule has 0 bridgehead atoms. The number of aliphatic hydroxyl groups is 1. The van der Waals surface area contributed by atoms with Gasteiger partial charge in [0.2, 0.25) is 0 Å². The van der Waals surface area contributed by atoms with E-state index in [1.807, 2.05) is 0 Å². The van der Waals surface area contributed by atoms with Crippen molar-refractivity contribution < 1.29 is 19.0 Å². The predicted octanol–water partition coefficient (Wildman–Crippen LogP) is 2.92. The lowest BCUT2D eigenvalue weighted by Gasteiger charge is -2.18. The lowest BCUT2D eigenvalue weighted by Crippen LogP contribution is -2.06.